The Kier molecular flexibility index (Phi) is 9.60. The van der Waals surface area contributed by atoms with E-state index < -0.39 is 5.41 Å². The number of carbonyl (C=O) groups excluding carboxylic acids is 2. The molecule has 0 bridgehead atoms. The minimum atomic E-state index is -0.448. The van der Waals surface area contributed by atoms with Crippen molar-refractivity contribution >= 4 is 35.0 Å². The van der Waals surface area contributed by atoms with E-state index in [-0.39, 0.29) is 11.8 Å². The molecule has 1 unspecified atom stereocenters. The summed E-state index contributed by atoms with van der Waals surface area (Å²) in [4.78, 5) is 38.1. The van der Waals surface area contributed by atoms with Crippen molar-refractivity contribution in [2.75, 3.05) is 83.4 Å². The van der Waals surface area contributed by atoms with Crippen LogP contribution in [-0.2, 0) is 4.79 Å². The van der Waals surface area contributed by atoms with Crippen molar-refractivity contribution in [3.8, 4) is 5.75 Å². The third kappa shape index (κ3) is 6.32. The quantitative estimate of drug-likeness (QED) is 0.424. The van der Waals surface area contributed by atoms with Gasteiger partial charge in [-0.05, 0) is 76.7 Å². The van der Waals surface area contributed by atoms with Gasteiger partial charge in [-0.15, -0.1) is 0 Å². The number of nitrogens with zero attached hydrogens (tertiary/aromatic N) is 5. The molecule has 44 heavy (non-hydrogen) atoms. The van der Waals surface area contributed by atoms with Crippen molar-refractivity contribution in [3.63, 3.8) is 0 Å². The first-order valence-electron chi connectivity index (χ1n) is 15.7. The normalized spacial score (nSPS) is 20.0. The molecular weight excluding hydrogens is 554 g/mol. The Bertz CT molecular complexity index is 1370. The van der Waals surface area contributed by atoms with Gasteiger partial charge in [-0.2, -0.15) is 0 Å². The first-order chi connectivity index (χ1) is 21.2. The van der Waals surface area contributed by atoms with Crippen molar-refractivity contribution < 1.29 is 14.3 Å². The Balaban J connectivity index is 1.17. The second-order valence-electron chi connectivity index (χ2n) is 12.6. The van der Waals surface area contributed by atoms with Gasteiger partial charge >= 0.3 is 0 Å². The molecule has 0 radical (unpaired) electrons. The van der Waals surface area contributed by atoms with E-state index in [1.807, 2.05) is 40.1 Å². The van der Waals surface area contributed by atoms with Gasteiger partial charge in [0.25, 0.3) is 5.91 Å². The van der Waals surface area contributed by atoms with Crippen molar-refractivity contribution in [1.29, 1.82) is 5.41 Å². The third-order valence-corrected chi connectivity index (χ3v) is 9.71. The number of amides is 2. The fourth-order valence-corrected chi connectivity index (χ4v) is 7.03. The van der Waals surface area contributed by atoms with Gasteiger partial charge < -0.3 is 35.5 Å². The van der Waals surface area contributed by atoms with Crippen LogP contribution in [0.2, 0.25) is 0 Å². The monoisotopic (exact) mass is 601 g/mol. The van der Waals surface area contributed by atoms with Gasteiger partial charge in [-0.25, -0.2) is 0 Å². The summed E-state index contributed by atoms with van der Waals surface area (Å²) in [6.45, 7) is 9.17. The first-order valence-corrected chi connectivity index (χ1v) is 15.7. The van der Waals surface area contributed by atoms with Crippen LogP contribution in [0.3, 0.4) is 0 Å². The van der Waals surface area contributed by atoms with Gasteiger partial charge in [0.05, 0.1) is 12.5 Å². The van der Waals surface area contributed by atoms with E-state index in [2.05, 4.69) is 47.9 Å². The molecule has 10 nitrogen and oxygen atoms in total. The van der Waals surface area contributed by atoms with Gasteiger partial charge in [0.1, 0.15) is 5.75 Å². The lowest BCUT2D eigenvalue weighted by molar-refractivity contribution is -0.127. The zero-order valence-corrected chi connectivity index (χ0v) is 26.6. The molecule has 1 spiro atoms. The molecule has 2 amide bonds. The molecule has 2 aromatic rings. The number of likely N-dealkylation sites (tertiary alicyclic amines) is 1. The van der Waals surface area contributed by atoms with Crippen LogP contribution in [0.15, 0.2) is 48.7 Å². The van der Waals surface area contributed by atoms with E-state index in [0.29, 0.717) is 61.0 Å². The van der Waals surface area contributed by atoms with Crippen LogP contribution in [0, 0.1) is 10.8 Å². The van der Waals surface area contributed by atoms with E-state index in [1.165, 1.54) is 12.4 Å². The molecule has 3 fully saturated rings. The van der Waals surface area contributed by atoms with Crippen molar-refractivity contribution in [3.05, 3.63) is 59.8 Å². The smallest absolute Gasteiger partial charge is 0.253 e. The summed E-state index contributed by atoms with van der Waals surface area (Å²) in [5.74, 6) is 0.715. The van der Waals surface area contributed by atoms with Crippen molar-refractivity contribution in [1.82, 2.24) is 14.7 Å². The molecule has 0 saturated carbocycles. The lowest BCUT2D eigenvalue weighted by atomic mass is 9.77. The Labute approximate surface area is 261 Å². The minimum Gasteiger partial charge on any atom is -0.496 e. The number of carbonyl (C=O) groups is 2. The zero-order valence-electron chi connectivity index (χ0n) is 26.6. The summed E-state index contributed by atoms with van der Waals surface area (Å²) in [7, 11) is 5.82. The predicted molar refractivity (Wildman–Crippen MR) is 177 cm³/mol. The molecule has 3 aliphatic heterocycles. The highest BCUT2D eigenvalue weighted by atomic mass is 16.5. The number of piperidine rings is 1. The number of piperazine rings is 1. The molecule has 0 aliphatic carbocycles. The fraction of sp³-hybridized carbons (Fsp3) is 0.500. The summed E-state index contributed by atoms with van der Waals surface area (Å²) < 4.78 is 5.56. The number of hydrogen-bond acceptors (Lipinski definition) is 8. The van der Waals surface area contributed by atoms with E-state index in [1.54, 1.807) is 7.11 Å². The maximum absolute atomic E-state index is 13.8. The summed E-state index contributed by atoms with van der Waals surface area (Å²) in [6, 6.07) is 14.2. The molecule has 3 aliphatic rings. The second-order valence-corrected chi connectivity index (χ2v) is 12.6. The number of allylic oxidation sites excluding steroid dienone is 1. The number of benzene rings is 2. The van der Waals surface area contributed by atoms with Crippen LogP contribution in [0.1, 0.15) is 42.1 Å². The number of ether oxygens (including phenoxy) is 1. The molecule has 236 valence electrons. The number of anilines is 2. The van der Waals surface area contributed by atoms with E-state index >= 15 is 0 Å². The minimum absolute atomic E-state index is 0.0336. The predicted octanol–water partition coefficient (Wildman–Crippen LogP) is 3.38. The Morgan fingerprint density at radius 1 is 1.00 bits per heavy atom. The number of methoxy groups -OCH3 is 1. The molecule has 0 aromatic heterocycles. The summed E-state index contributed by atoms with van der Waals surface area (Å²) in [6.07, 6.45) is 4.65. The molecule has 3 saturated heterocycles. The lowest BCUT2D eigenvalue weighted by Gasteiger charge is -2.40. The average molecular weight is 602 g/mol. The van der Waals surface area contributed by atoms with Gasteiger partial charge in [0, 0.05) is 105 Å². The maximum Gasteiger partial charge on any atom is 0.253 e. The highest BCUT2D eigenvalue weighted by Crippen LogP contribution is 2.44. The number of likely N-dealkylation sites (N-methyl/N-ethyl adjacent to an activating group) is 1. The number of nitrogens with two attached hydrogens (primary N) is 1. The second kappa shape index (κ2) is 13.4. The van der Waals surface area contributed by atoms with Crippen LogP contribution in [0.25, 0.3) is 5.57 Å². The summed E-state index contributed by atoms with van der Waals surface area (Å²) in [5, 5.41) is 7.61. The van der Waals surface area contributed by atoms with Crippen LogP contribution in [-0.4, -0.2) is 112 Å². The Morgan fingerprint density at radius 3 is 2.23 bits per heavy atom. The molecule has 5 rings (SSSR count). The standard InChI is InChI=1S/C34H47N7O3/c1-25(24-37(2)3)38-17-19-39(20-18-38)28-7-5-26(6-8-28)32(42)40-14-11-34(12-15-40)13-16-41(33(34)43)29-9-10-30(27(22-35)23-36)31(21-29)44-4/h5-10,21-23,25,35H,11-20,24,36H2,1-4H3/b27-23+,35-22?. The Morgan fingerprint density at radius 2 is 1.64 bits per heavy atom. The first kappa shape index (κ1) is 31.5. The molecule has 3 heterocycles. The largest absolute Gasteiger partial charge is 0.496 e. The van der Waals surface area contributed by atoms with Crippen LogP contribution in [0.4, 0.5) is 11.4 Å². The number of rotatable bonds is 9. The lowest BCUT2D eigenvalue weighted by Crippen LogP contribution is -2.51. The number of hydrogen-bond donors (Lipinski definition) is 2. The fourth-order valence-electron chi connectivity index (χ4n) is 7.03. The highest BCUT2D eigenvalue weighted by Gasteiger charge is 2.49. The molecule has 1 atom stereocenters. The van der Waals surface area contributed by atoms with Gasteiger partial charge in [0.15, 0.2) is 0 Å². The molecule has 3 N–H and O–H groups in total. The van der Waals surface area contributed by atoms with Crippen molar-refractivity contribution in [2.24, 2.45) is 11.1 Å². The van der Waals surface area contributed by atoms with Gasteiger partial charge in [0.2, 0.25) is 5.91 Å². The molecule has 2 aromatic carbocycles. The third-order valence-electron chi connectivity index (χ3n) is 9.71. The van der Waals surface area contributed by atoms with Crippen LogP contribution >= 0.6 is 0 Å². The topological polar surface area (TPSA) is 109 Å². The average Bonchev–Trinajstić information content (AvgIpc) is 3.36. The summed E-state index contributed by atoms with van der Waals surface area (Å²) in [5.41, 5.74) is 9.13. The van der Waals surface area contributed by atoms with Gasteiger partial charge in [-0.1, -0.05) is 0 Å². The highest BCUT2D eigenvalue weighted by molar-refractivity contribution is 6.09. The molecule has 10 heteroatoms. The SMILES string of the molecule is COc1cc(N2CCC3(CCN(C(=O)c4ccc(N5CCN(C(C)CN(C)C)CC5)cc4)CC3)C2=O)ccc1/C(C=N)=C/N. The molecular formula is C34H47N7O3. The zero-order chi connectivity index (χ0) is 31.4. The maximum atomic E-state index is 13.8. The Hall–Kier alpha value is -3.89. The van der Waals surface area contributed by atoms with Crippen LogP contribution < -0.4 is 20.3 Å². The van der Waals surface area contributed by atoms with Gasteiger partial charge in [-0.3, -0.25) is 14.5 Å². The van der Waals surface area contributed by atoms with E-state index in [9.17, 15) is 9.59 Å². The number of nitrogens with one attached hydrogen (secondary N) is 1. The van der Waals surface area contributed by atoms with E-state index in [4.69, 9.17) is 15.9 Å². The van der Waals surface area contributed by atoms with E-state index in [0.717, 1.165) is 50.5 Å². The van der Waals surface area contributed by atoms with Crippen LogP contribution in [0.5, 0.6) is 5.75 Å². The van der Waals surface area contributed by atoms with Crippen molar-refractivity contribution in [2.45, 2.75) is 32.2 Å². The summed E-state index contributed by atoms with van der Waals surface area (Å²) >= 11 is 0.